The van der Waals surface area contributed by atoms with Gasteiger partial charge in [0.25, 0.3) is 0 Å². The fourth-order valence-electron chi connectivity index (χ4n) is 1.26. The minimum atomic E-state index is 0.135. The molecule has 1 aromatic carbocycles. The van der Waals surface area contributed by atoms with Crippen LogP contribution in [0.3, 0.4) is 0 Å². The lowest BCUT2D eigenvalue weighted by Gasteiger charge is -2.04. The van der Waals surface area contributed by atoms with E-state index in [2.05, 4.69) is 36.5 Å². The Bertz CT molecular complexity index is 321. The van der Waals surface area contributed by atoms with Crippen molar-refractivity contribution in [1.29, 1.82) is 0 Å². The van der Waals surface area contributed by atoms with Gasteiger partial charge in [-0.15, -0.1) is 0 Å². The Morgan fingerprint density at radius 1 is 1.31 bits per heavy atom. The number of aryl methyl sites for hydroxylation is 1. The third kappa shape index (κ3) is 5.21. The van der Waals surface area contributed by atoms with E-state index in [1.165, 1.54) is 11.1 Å². The number of thioether (sulfide) groups is 1. The van der Waals surface area contributed by atoms with E-state index >= 15 is 0 Å². The van der Waals surface area contributed by atoms with Gasteiger partial charge in [0, 0.05) is 24.5 Å². The monoisotopic (exact) mass is 237 g/mol. The van der Waals surface area contributed by atoms with E-state index in [0.717, 1.165) is 18.1 Å². The van der Waals surface area contributed by atoms with Crippen LogP contribution < -0.4 is 5.32 Å². The molecule has 0 saturated heterocycles. The molecule has 88 valence electrons. The fraction of sp³-hybridized carbons (Fsp3) is 0.462. The van der Waals surface area contributed by atoms with Crippen LogP contribution in [0.4, 0.5) is 0 Å². The Labute approximate surface area is 102 Å². The third-order valence-electron chi connectivity index (χ3n) is 2.28. The van der Waals surface area contributed by atoms with Crippen LogP contribution in [0.2, 0.25) is 0 Å². The molecule has 0 aromatic heterocycles. The molecule has 0 saturated carbocycles. The molecule has 0 bridgehead atoms. The maximum Gasteiger partial charge on any atom is 0.219 e. The third-order valence-corrected chi connectivity index (χ3v) is 3.31. The van der Waals surface area contributed by atoms with Crippen molar-refractivity contribution in [2.24, 2.45) is 0 Å². The minimum Gasteiger partial charge on any atom is -0.355 e. The molecule has 0 aliphatic rings. The molecule has 1 N–H and O–H groups in total. The van der Waals surface area contributed by atoms with Gasteiger partial charge in [0.1, 0.15) is 0 Å². The van der Waals surface area contributed by atoms with Gasteiger partial charge < -0.3 is 5.32 Å². The van der Waals surface area contributed by atoms with Crippen LogP contribution in [-0.4, -0.2) is 18.2 Å². The first-order chi connectivity index (χ1) is 7.72. The molecule has 1 amide bonds. The van der Waals surface area contributed by atoms with Gasteiger partial charge in [-0.3, -0.25) is 4.79 Å². The molecule has 0 atom stereocenters. The van der Waals surface area contributed by atoms with Gasteiger partial charge in [-0.05, 0) is 12.5 Å². The van der Waals surface area contributed by atoms with E-state index in [1.54, 1.807) is 0 Å². The predicted molar refractivity (Wildman–Crippen MR) is 70.6 cm³/mol. The second-order valence-electron chi connectivity index (χ2n) is 3.74. The first kappa shape index (κ1) is 13.1. The Hall–Kier alpha value is -0.960. The number of carbonyl (C=O) groups is 1. The lowest BCUT2D eigenvalue weighted by molar-refractivity contribution is -0.120. The summed E-state index contributed by atoms with van der Waals surface area (Å²) in [6.45, 7) is 4.73. The zero-order valence-corrected chi connectivity index (χ0v) is 10.8. The zero-order valence-electron chi connectivity index (χ0n) is 9.95. The molecule has 0 heterocycles. The van der Waals surface area contributed by atoms with Crippen LogP contribution in [0.25, 0.3) is 0 Å². The number of rotatable bonds is 6. The molecule has 0 radical (unpaired) electrons. The number of nitrogens with one attached hydrogen (secondary N) is 1. The summed E-state index contributed by atoms with van der Waals surface area (Å²) >= 11 is 1.85. The number of benzene rings is 1. The van der Waals surface area contributed by atoms with Crippen LogP contribution >= 0.6 is 11.8 Å². The van der Waals surface area contributed by atoms with Crippen molar-refractivity contribution in [3.63, 3.8) is 0 Å². The van der Waals surface area contributed by atoms with Crippen LogP contribution in [0.1, 0.15) is 24.5 Å². The van der Waals surface area contributed by atoms with E-state index in [4.69, 9.17) is 0 Å². The standard InChI is InChI=1S/C13H19NOS/c1-3-13(15)14-8-9-16-10-12-6-4-11(2)5-7-12/h4-7H,3,8-10H2,1-2H3,(H,14,15). The normalized spacial score (nSPS) is 10.1. The van der Waals surface area contributed by atoms with E-state index < -0.39 is 0 Å². The summed E-state index contributed by atoms with van der Waals surface area (Å²) in [5.41, 5.74) is 2.64. The SMILES string of the molecule is CCC(=O)NCCSCc1ccc(C)cc1. The Morgan fingerprint density at radius 3 is 2.62 bits per heavy atom. The molecule has 0 spiro atoms. The summed E-state index contributed by atoms with van der Waals surface area (Å²) in [5, 5.41) is 2.87. The molecular formula is C13H19NOS. The quantitative estimate of drug-likeness (QED) is 0.771. The fourth-order valence-corrected chi connectivity index (χ4v) is 2.08. The summed E-state index contributed by atoms with van der Waals surface area (Å²) in [6, 6.07) is 8.59. The molecule has 1 aromatic rings. The van der Waals surface area contributed by atoms with Gasteiger partial charge in [0.15, 0.2) is 0 Å². The van der Waals surface area contributed by atoms with Gasteiger partial charge in [-0.1, -0.05) is 36.8 Å². The van der Waals surface area contributed by atoms with Crippen molar-refractivity contribution in [2.45, 2.75) is 26.0 Å². The average Bonchev–Trinajstić information content (AvgIpc) is 2.31. The van der Waals surface area contributed by atoms with Crippen LogP contribution in [0.5, 0.6) is 0 Å². The van der Waals surface area contributed by atoms with Gasteiger partial charge in [-0.25, -0.2) is 0 Å². The highest BCUT2D eigenvalue weighted by atomic mass is 32.2. The molecule has 2 nitrogen and oxygen atoms in total. The predicted octanol–water partition coefficient (Wildman–Crippen LogP) is 2.75. The summed E-state index contributed by atoms with van der Waals surface area (Å²) in [4.78, 5) is 11.0. The molecule has 0 fully saturated rings. The highest BCUT2D eigenvalue weighted by Crippen LogP contribution is 2.12. The minimum absolute atomic E-state index is 0.135. The molecule has 0 aliphatic heterocycles. The Kier molecular flexibility index (Phi) is 6.01. The van der Waals surface area contributed by atoms with Crippen molar-refractivity contribution >= 4 is 17.7 Å². The van der Waals surface area contributed by atoms with Crippen molar-refractivity contribution in [1.82, 2.24) is 5.32 Å². The van der Waals surface area contributed by atoms with E-state index in [-0.39, 0.29) is 5.91 Å². The van der Waals surface area contributed by atoms with E-state index in [0.29, 0.717) is 6.42 Å². The highest BCUT2D eigenvalue weighted by Gasteiger charge is 1.96. The van der Waals surface area contributed by atoms with Crippen LogP contribution in [0, 0.1) is 6.92 Å². The molecule has 3 heteroatoms. The molecule has 0 unspecified atom stereocenters. The van der Waals surface area contributed by atoms with Gasteiger partial charge in [0.05, 0.1) is 0 Å². The van der Waals surface area contributed by atoms with Gasteiger partial charge in [0.2, 0.25) is 5.91 Å². The largest absolute Gasteiger partial charge is 0.355 e. The summed E-state index contributed by atoms with van der Waals surface area (Å²) in [5.74, 6) is 2.12. The summed E-state index contributed by atoms with van der Waals surface area (Å²) < 4.78 is 0. The second kappa shape index (κ2) is 7.34. The summed E-state index contributed by atoms with van der Waals surface area (Å²) in [7, 11) is 0. The van der Waals surface area contributed by atoms with Crippen LogP contribution in [0.15, 0.2) is 24.3 Å². The number of hydrogen-bond acceptors (Lipinski definition) is 2. The van der Waals surface area contributed by atoms with E-state index in [9.17, 15) is 4.79 Å². The van der Waals surface area contributed by atoms with Crippen molar-refractivity contribution in [3.8, 4) is 0 Å². The summed E-state index contributed by atoms with van der Waals surface area (Å²) in [6.07, 6.45) is 0.572. The van der Waals surface area contributed by atoms with Crippen molar-refractivity contribution < 1.29 is 4.79 Å². The Balaban J connectivity index is 2.11. The molecule has 0 aliphatic carbocycles. The lowest BCUT2D eigenvalue weighted by Crippen LogP contribution is -2.24. The first-order valence-corrected chi connectivity index (χ1v) is 6.78. The number of hydrogen-bond donors (Lipinski definition) is 1. The Morgan fingerprint density at radius 2 is 2.00 bits per heavy atom. The maximum absolute atomic E-state index is 11.0. The first-order valence-electron chi connectivity index (χ1n) is 5.62. The molecule has 1 rings (SSSR count). The maximum atomic E-state index is 11.0. The smallest absolute Gasteiger partial charge is 0.219 e. The van der Waals surface area contributed by atoms with E-state index in [1.807, 2.05) is 18.7 Å². The van der Waals surface area contributed by atoms with Gasteiger partial charge in [-0.2, -0.15) is 11.8 Å². The van der Waals surface area contributed by atoms with Crippen molar-refractivity contribution in [3.05, 3.63) is 35.4 Å². The highest BCUT2D eigenvalue weighted by molar-refractivity contribution is 7.98. The average molecular weight is 237 g/mol. The topological polar surface area (TPSA) is 29.1 Å². The number of carbonyl (C=O) groups excluding carboxylic acids is 1. The number of amides is 1. The zero-order chi connectivity index (χ0) is 11.8. The lowest BCUT2D eigenvalue weighted by atomic mass is 10.2. The molecule has 16 heavy (non-hydrogen) atoms. The second-order valence-corrected chi connectivity index (χ2v) is 4.85. The van der Waals surface area contributed by atoms with Crippen LogP contribution in [-0.2, 0) is 10.5 Å². The van der Waals surface area contributed by atoms with Gasteiger partial charge >= 0.3 is 0 Å². The van der Waals surface area contributed by atoms with Crippen molar-refractivity contribution in [2.75, 3.05) is 12.3 Å². The molecular weight excluding hydrogens is 218 g/mol.